The molecule has 0 saturated carbocycles. The number of rotatable bonds is 4. The minimum absolute atomic E-state index is 0.226. The topological polar surface area (TPSA) is 30.9 Å². The first kappa shape index (κ1) is 11.9. The normalized spacial score (nSPS) is 12.9. The summed E-state index contributed by atoms with van der Waals surface area (Å²) in [6.45, 7) is 2.96. The van der Waals surface area contributed by atoms with Crippen LogP contribution in [0.2, 0.25) is 0 Å². The van der Waals surface area contributed by atoms with Gasteiger partial charge in [0, 0.05) is 27.8 Å². The molecule has 0 aliphatic heterocycles. The minimum atomic E-state index is 0.226. The lowest BCUT2D eigenvalue weighted by molar-refractivity contribution is 0.732. The van der Waals surface area contributed by atoms with Gasteiger partial charge in [-0.1, -0.05) is 0 Å². The number of aromatic nitrogens is 1. The van der Waals surface area contributed by atoms with Crippen LogP contribution in [-0.4, -0.2) is 10.6 Å². The molecule has 86 valence electrons. The van der Waals surface area contributed by atoms with Crippen LogP contribution in [0.3, 0.4) is 0 Å². The number of hydrogen-bond donors (Lipinski definition) is 1. The maximum Gasteiger partial charge on any atom is 0.0574 e. The second-order valence-corrected chi connectivity index (χ2v) is 5.92. The fourth-order valence-electron chi connectivity index (χ4n) is 1.69. The van der Waals surface area contributed by atoms with E-state index in [0.29, 0.717) is 0 Å². The van der Waals surface area contributed by atoms with Gasteiger partial charge in [0.05, 0.1) is 6.54 Å². The molecule has 0 amide bonds. The molecule has 2 nitrogen and oxygen atoms in total. The molecule has 0 saturated heterocycles. The Morgan fingerprint density at radius 1 is 1.50 bits per heavy atom. The van der Waals surface area contributed by atoms with Crippen LogP contribution in [0.4, 0.5) is 0 Å². The average molecular weight is 299 g/mol. The Kier molecular flexibility index (Phi) is 3.84. The summed E-state index contributed by atoms with van der Waals surface area (Å²) in [6, 6.07) is 4.46. The van der Waals surface area contributed by atoms with Gasteiger partial charge >= 0.3 is 0 Å². The van der Waals surface area contributed by atoms with Gasteiger partial charge in [0.25, 0.3) is 0 Å². The van der Waals surface area contributed by atoms with Crippen LogP contribution in [0, 0.1) is 0 Å². The lowest BCUT2D eigenvalue weighted by Crippen LogP contribution is -2.17. The van der Waals surface area contributed by atoms with E-state index in [-0.39, 0.29) is 6.04 Å². The number of nitrogens with zero attached hydrogens (tertiary/aromatic N) is 1. The Balaban J connectivity index is 2.05. The molecule has 4 heteroatoms. The number of thiophene rings is 1. The van der Waals surface area contributed by atoms with Crippen molar-refractivity contribution in [3.8, 4) is 0 Å². The first-order valence-corrected chi connectivity index (χ1v) is 6.94. The Morgan fingerprint density at radius 3 is 2.94 bits per heavy atom. The second kappa shape index (κ2) is 5.17. The van der Waals surface area contributed by atoms with Crippen LogP contribution in [0.25, 0.3) is 0 Å². The second-order valence-electron chi connectivity index (χ2n) is 4.07. The lowest BCUT2D eigenvalue weighted by atomic mass is 10.1. The van der Waals surface area contributed by atoms with Gasteiger partial charge in [-0.2, -0.15) is 0 Å². The van der Waals surface area contributed by atoms with Crippen molar-refractivity contribution in [2.45, 2.75) is 25.9 Å². The van der Waals surface area contributed by atoms with E-state index in [1.54, 1.807) is 11.3 Å². The van der Waals surface area contributed by atoms with E-state index in [4.69, 9.17) is 5.73 Å². The summed E-state index contributed by atoms with van der Waals surface area (Å²) in [5, 5.41) is 2.10. The Bertz CT molecular complexity index is 459. The zero-order chi connectivity index (χ0) is 11.5. The predicted molar refractivity (Wildman–Crippen MR) is 72.9 cm³/mol. The van der Waals surface area contributed by atoms with Crippen LogP contribution >= 0.6 is 27.3 Å². The lowest BCUT2D eigenvalue weighted by Gasteiger charge is -2.02. The largest absolute Gasteiger partial charge is 0.349 e. The molecule has 1 atom stereocenters. The van der Waals surface area contributed by atoms with Crippen molar-refractivity contribution in [1.82, 2.24) is 4.57 Å². The zero-order valence-electron chi connectivity index (χ0n) is 9.19. The highest BCUT2D eigenvalue weighted by molar-refractivity contribution is 9.10. The van der Waals surface area contributed by atoms with Gasteiger partial charge in [-0.25, -0.2) is 0 Å². The molecule has 2 aromatic rings. The van der Waals surface area contributed by atoms with Crippen LogP contribution in [0.1, 0.15) is 17.4 Å². The molecule has 16 heavy (non-hydrogen) atoms. The van der Waals surface area contributed by atoms with Gasteiger partial charge in [0.2, 0.25) is 0 Å². The first-order chi connectivity index (χ1) is 7.65. The summed E-state index contributed by atoms with van der Waals surface area (Å²) < 4.78 is 3.40. The summed E-state index contributed by atoms with van der Waals surface area (Å²) in [5.74, 6) is 0. The maximum absolute atomic E-state index is 5.78. The first-order valence-electron chi connectivity index (χ1n) is 5.27. The Hall–Kier alpha value is -0.580. The van der Waals surface area contributed by atoms with E-state index >= 15 is 0 Å². The monoisotopic (exact) mass is 298 g/mol. The van der Waals surface area contributed by atoms with Crippen molar-refractivity contribution < 1.29 is 0 Å². The van der Waals surface area contributed by atoms with Crippen LogP contribution < -0.4 is 5.73 Å². The molecule has 0 bridgehead atoms. The molecule has 0 aliphatic rings. The molecular formula is C12H15BrN2S. The summed E-state index contributed by atoms with van der Waals surface area (Å²) >= 11 is 5.32. The fraction of sp³-hybridized carbons (Fsp3) is 0.333. The Labute approximate surface area is 108 Å². The van der Waals surface area contributed by atoms with E-state index in [1.807, 2.05) is 6.92 Å². The molecule has 2 aromatic heterocycles. The van der Waals surface area contributed by atoms with Crippen molar-refractivity contribution in [1.29, 1.82) is 0 Å². The number of nitrogens with two attached hydrogens (primary N) is 1. The molecule has 0 fully saturated rings. The van der Waals surface area contributed by atoms with Crippen molar-refractivity contribution in [2.75, 3.05) is 0 Å². The van der Waals surface area contributed by atoms with E-state index in [2.05, 4.69) is 50.4 Å². The van der Waals surface area contributed by atoms with Crippen molar-refractivity contribution in [2.24, 2.45) is 5.73 Å². The molecule has 2 heterocycles. The molecule has 0 radical (unpaired) electrons. The average Bonchev–Trinajstić information content (AvgIpc) is 2.77. The molecule has 0 aromatic carbocycles. The van der Waals surface area contributed by atoms with Crippen LogP contribution in [0.5, 0.6) is 0 Å². The summed E-state index contributed by atoms with van der Waals surface area (Å²) in [7, 11) is 0. The molecule has 2 rings (SSSR count). The van der Waals surface area contributed by atoms with Crippen LogP contribution in [-0.2, 0) is 13.0 Å². The molecular weight excluding hydrogens is 284 g/mol. The van der Waals surface area contributed by atoms with Gasteiger partial charge in [0.15, 0.2) is 0 Å². The third kappa shape index (κ3) is 2.97. The number of hydrogen-bond acceptors (Lipinski definition) is 2. The third-order valence-electron chi connectivity index (χ3n) is 2.39. The predicted octanol–water partition coefficient (Wildman–Crippen LogP) is 3.25. The van der Waals surface area contributed by atoms with E-state index in [0.717, 1.165) is 13.0 Å². The highest BCUT2D eigenvalue weighted by Gasteiger charge is 2.04. The molecule has 2 N–H and O–H groups in total. The van der Waals surface area contributed by atoms with E-state index in [9.17, 15) is 0 Å². The zero-order valence-corrected chi connectivity index (χ0v) is 11.6. The van der Waals surface area contributed by atoms with E-state index in [1.165, 1.54) is 14.9 Å². The van der Waals surface area contributed by atoms with Gasteiger partial charge in [-0.3, -0.25) is 0 Å². The fourth-order valence-corrected chi connectivity index (χ4v) is 3.17. The maximum atomic E-state index is 5.78. The van der Waals surface area contributed by atoms with Crippen molar-refractivity contribution >= 4 is 27.3 Å². The van der Waals surface area contributed by atoms with Crippen LogP contribution in [0.15, 0.2) is 34.4 Å². The number of halogens is 1. The molecule has 0 aliphatic carbocycles. The van der Waals surface area contributed by atoms with Gasteiger partial charge in [-0.05, 0) is 52.4 Å². The summed E-state index contributed by atoms with van der Waals surface area (Å²) in [6.07, 6.45) is 5.23. The molecule has 0 spiro atoms. The van der Waals surface area contributed by atoms with Gasteiger partial charge in [-0.15, -0.1) is 11.3 Å². The van der Waals surface area contributed by atoms with Crippen molar-refractivity contribution in [3.05, 3.63) is 44.8 Å². The van der Waals surface area contributed by atoms with E-state index < -0.39 is 0 Å². The highest BCUT2D eigenvalue weighted by Crippen LogP contribution is 2.23. The molecule has 1 unspecified atom stereocenters. The smallest absolute Gasteiger partial charge is 0.0574 e. The Morgan fingerprint density at radius 2 is 2.31 bits per heavy atom. The van der Waals surface area contributed by atoms with Crippen molar-refractivity contribution in [3.63, 3.8) is 0 Å². The third-order valence-corrected chi connectivity index (χ3v) is 4.30. The summed E-state index contributed by atoms with van der Waals surface area (Å²) in [4.78, 5) is 1.35. The highest BCUT2D eigenvalue weighted by atomic mass is 79.9. The summed E-state index contributed by atoms with van der Waals surface area (Å²) in [5.41, 5.74) is 7.09. The standard InChI is InChI=1S/C12H15BrN2S/c1-9(14)6-10-2-4-15(7-10)8-12-11(13)3-5-16-12/h2-5,7,9H,6,8,14H2,1H3. The quantitative estimate of drug-likeness (QED) is 0.923. The van der Waals surface area contributed by atoms with Gasteiger partial charge in [0.1, 0.15) is 0 Å². The van der Waals surface area contributed by atoms with Gasteiger partial charge < -0.3 is 10.3 Å². The SMILES string of the molecule is CC(N)Cc1ccn(Cc2sccc2Br)c1. The minimum Gasteiger partial charge on any atom is -0.349 e.